The highest BCUT2D eigenvalue weighted by atomic mass is 35.5. The fraction of sp³-hybridized carbons (Fsp3) is 0.562. The van der Waals surface area contributed by atoms with Crippen LogP contribution in [0.4, 0.5) is 0 Å². The van der Waals surface area contributed by atoms with Gasteiger partial charge in [0.05, 0.1) is 11.6 Å². The van der Waals surface area contributed by atoms with Crippen LogP contribution >= 0.6 is 23.2 Å². The molecule has 0 N–H and O–H groups in total. The summed E-state index contributed by atoms with van der Waals surface area (Å²) in [6.07, 6.45) is 4.66. The molecular weight excluding hydrogens is 311 g/mol. The zero-order chi connectivity index (χ0) is 15.7. The number of rotatable bonds is 9. The van der Waals surface area contributed by atoms with Gasteiger partial charge in [0.1, 0.15) is 5.75 Å². The van der Waals surface area contributed by atoms with Gasteiger partial charge in [-0.15, -0.1) is 0 Å². The summed E-state index contributed by atoms with van der Waals surface area (Å²) in [5, 5.41) is 0.902. The third-order valence-corrected chi connectivity index (χ3v) is 3.60. The zero-order valence-corrected chi connectivity index (χ0v) is 14.0. The Labute approximate surface area is 136 Å². The Hall–Kier alpha value is -0.930. The first-order chi connectivity index (χ1) is 10.0. The Balaban J connectivity index is 2.24. The highest BCUT2D eigenvalue weighted by molar-refractivity contribution is 6.35. The molecule has 118 valence electrons. The standard InChI is InChI=1S/C16H22Cl2O3/c1-3-4-5-6-12(2)10-21-16(19)11-20-15-8-7-13(17)9-14(15)18/h7-9,12H,3-6,10-11H2,1-2H3. The van der Waals surface area contributed by atoms with Gasteiger partial charge < -0.3 is 9.47 Å². The van der Waals surface area contributed by atoms with Gasteiger partial charge in [-0.1, -0.05) is 56.3 Å². The van der Waals surface area contributed by atoms with Crippen molar-refractivity contribution in [1.29, 1.82) is 0 Å². The summed E-state index contributed by atoms with van der Waals surface area (Å²) in [6.45, 7) is 4.53. The zero-order valence-electron chi connectivity index (χ0n) is 12.5. The number of carbonyl (C=O) groups is 1. The molecule has 1 unspecified atom stereocenters. The lowest BCUT2D eigenvalue weighted by Gasteiger charge is -2.12. The predicted octanol–water partition coefficient (Wildman–Crippen LogP) is 5.13. The van der Waals surface area contributed by atoms with E-state index < -0.39 is 0 Å². The molecule has 0 radical (unpaired) electrons. The van der Waals surface area contributed by atoms with Gasteiger partial charge in [-0.05, 0) is 30.5 Å². The molecule has 1 rings (SSSR count). The summed E-state index contributed by atoms with van der Waals surface area (Å²) in [4.78, 5) is 11.6. The number of benzene rings is 1. The summed E-state index contributed by atoms with van der Waals surface area (Å²) in [7, 11) is 0. The van der Waals surface area contributed by atoms with Crippen LogP contribution in [0.15, 0.2) is 18.2 Å². The Bertz CT molecular complexity index is 449. The van der Waals surface area contributed by atoms with E-state index in [4.69, 9.17) is 32.7 Å². The third kappa shape index (κ3) is 7.58. The van der Waals surface area contributed by atoms with Gasteiger partial charge in [0, 0.05) is 5.02 Å². The van der Waals surface area contributed by atoms with Crippen molar-refractivity contribution < 1.29 is 14.3 Å². The van der Waals surface area contributed by atoms with Crippen molar-refractivity contribution >= 4 is 29.2 Å². The van der Waals surface area contributed by atoms with Crippen LogP contribution in [0, 0.1) is 5.92 Å². The van der Waals surface area contributed by atoms with E-state index in [1.165, 1.54) is 19.3 Å². The topological polar surface area (TPSA) is 35.5 Å². The van der Waals surface area contributed by atoms with Crippen LogP contribution in [-0.2, 0) is 9.53 Å². The number of esters is 1. The Morgan fingerprint density at radius 2 is 2.05 bits per heavy atom. The fourth-order valence-electron chi connectivity index (χ4n) is 1.83. The minimum absolute atomic E-state index is 0.150. The van der Waals surface area contributed by atoms with E-state index in [0.29, 0.717) is 28.3 Å². The molecular formula is C16H22Cl2O3. The molecule has 0 aromatic heterocycles. The van der Waals surface area contributed by atoms with Crippen molar-refractivity contribution in [1.82, 2.24) is 0 Å². The average Bonchev–Trinajstić information content (AvgIpc) is 2.44. The van der Waals surface area contributed by atoms with Crippen molar-refractivity contribution in [3.05, 3.63) is 28.2 Å². The molecule has 1 aromatic rings. The van der Waals surface area contributed by atoms with E-state index in [2.05, 4.69) is 13.8 Å². The summed E-state index contributed by atoms with van der Waals surface area (Å²) in [6, 6.07) is 4.86. The molecule has 0 fully saturated rings. The van der Waals surface area contributed by atoms with Crippen LogP contribution in [0.3, 0.4) is 0 Å². The summed E-state index contributed by atoms with van der Waals surface area (Å²) in [5.74, 6) is 0.414. The smallest absolute Gasteiger partial charge is 0.344 e. The van der Waals surface area contributed by atoms with Crippen LogP contribution < -0.4 is 4.74 Å². The molecule has 0 heterocycles. The number of hydrogen-bond donors (Lipinski definition) is 0. The molecule has 0 aliphatic carbocycles. The highest BCUT2D eigenvalue weighted by Crippen LogP contribution is 2.27. The second kappa shape index (κ2) is 9.91. The van der Waals surface area contributed by atoms with E-state index in [1.807, 2.05) is 0 Å². The fourth-order valence-corrected chi connectivity index (χ4v) is 2.29. The van der Waals surface area contributed by atoms with Gasteiger partial charge >= 0.3 is 5.97 Å². The highest BCUT2D eigenvalue weighted by Gasteiger charge is 2.10. The first kappa shape index (κ1) is 18.1. The monoisotopic (exact) mass is 332 g/mol. The molecule has 0 bridgehead atoms. The minimum Gasteiger partial charge on any atom is -0.480 e. The van der Waals surface area contributed by atoms with E-state index in [0.717, 1.165) is 6.42 Å². The lowest BCUT2D eigenvalue weighted by molar-refractivity contribution is -0.147. The maximum absolute atomic E-state index is 11.6. The maximum Gasteiger partial charge on any atom is 0.344 e. The van der Waals surface area contributed by atoms with E-state index in [1.54, 1.807) is 18.2 Å². The lowest BCUT2D eigenvalue weighted by Crippen LogP contribution is -2.18. The predicted molar refractivity (Wildman–Crippen MR) is 86.2 cm³/mol. The molecule has 0 saturated heterocycles. The maximum atomic E-state index is 11.6. The number of halogens is 2. The molecule has 0 amide bonds. The SMILES string of the molecule is CCCCCC(C)COC(=O)COc1ccc(Cl)cc1Cl. The van der Waals surface area contributed by atoms with E-state index >= 15 is 0 Å². The average molecular weight is 333 g/mol. The van der Waals surface area contributed by atoms with Crippen molar-refractivity contribution in [2.24, 2.45) is 5.92 Å². The number of unbranched alkanes of at least 4 members (excludes halogenated alkanes) is 2. The minimum atomic E-state index is -0.386. The van der Waals surface area contributed by atoms with Crippen LogP contribution in [-0.4, -0.2) is 19.2 Å². The Morgan fingerprint density at radius 3 is 2.71 bits per heavy atom. The van der Waals surface area contributed by atoms with E-state index in [9.17, 15) is 4.79 Å². The molecule has 0 spiro atoms. The third-order valence-electron chi connectivity index (χ3n) is 3.07. The Kier molecular flexibility index (Phi) is 8.55. The normalized spacial score (nSPS) is 12.0. The molecule has 0 aliphatic rings. The molecule has 0 aliphatic heterocycles. The van der Waals surface area contributed by atoms with Gasteiger partial charge in [0.15, 0.2) is 6.61 Å². The van der Waals surface area contributed by atoms with Crippen molar-refractivity contribution in [2.45, 2.75) is 39.5 Å². The first-order valence-electron chi connectivity index (χ1n) is 7.26. The van der Waals surface area contributed by atoms with Crippen molar-refractivity contribution in [3.63, 3.8) is 0 Å². The first-order valence-corrected chi connectivity index (χ1v) is 8.02. The summed E-state index contributed by atoms with van der Waals surface area (Å²) < 4.78 is 10.5. The summed E-state index contributed by atoms with van der Waals surface area (Å²) in [5.41, 5.74) is 0. The van der Waals surface area contributed by atoms with Crippen LogP contribution in [0.2, 0.25) is 10.0 Å². The van der Waals surface area contributed by atoms with Gasteiger partial charge in [-0.25, -0.2) is 4.79 Å². The number of ether oxygens (including phenoxy) is 2. The van der Waals surface area contributed by atoms with Crippen LogP contribution in [0.5, 0.6) is 5.75 Å². The Morgan fingerprint density at radius 1 is 1.29 bits per heavy atom. The second-order valence-corrected chi connectivity index (χ2v) is 5.99. The van der Waals surface area contributed by atoms with Gasteiger partial charge in [0.25, 0.3) is 0 Å². The van der Waals surface area contributed by atoms with Gasteiger partial charge in [-0.3, -0.25) is 0 Å². The molecule has 3 nitrogen and oxygen atoms in total. The van der Waals surface area contributed by atoms with E-state index in [-0.39, 0.29) is 12.6 Å². The summed E-state index contributed by atoms with van der Waals surface area (Å²) >= 11 is 11.7. The lowest BCUT2D eigenvalue weighted by atomic mass is 10.0. The molecule has 1 atom stereocenters. The molecule has 1 aromatic carbocycles. The van der Waals surface area contributed by atoms with Crippen LogP contribution in [0.1, 0.15) is 39.5 Å². The van der Waals surface area contributed by atoms with Gasteiger partial charge in [-0.2, -0.15) is 0 Å². The van der Waals surface area contributed by atoms with Crippen molar-refractivity contribution in [3.8, 4) is 5.75 Å². The quantitative estimate of drug-likeness (QED) is 0.464. The van der Waals surface area contributed by atoms with Gasteiger partial charge in [0.2, 0.25) is 0 Å². The largest absolute Gasteiger partial charge is 0.480 e. The number of hydrogen-bond acceptors (Lipinski definition) is 3. The second-order valence-electron chi connectivity index (χ2n) is 5.15. The molecule has 5 heteroatoms. The number of carbonyl (C=O) groups excluding carboxylic acids is 1. The molecule has 21 heavy (non-hydrogen) atoms. The molecule has 0 saturated carbocycles. The van der Waals surface area contributed by atoms with Crippen LogP contribution in [0.25, 0.3) is 0 Å². The van der Waals surface area contributed by atoms with Crippen molar-refractivity contribution in [2.75, 3.05) is 13.2 Å².